The normalized spacial score (nSPS) is 18.5. The van der Waals surface area contributed by atoms with Crippen LogP contribution in [0.2, 0.25) is 0 Å². The van der Waals surface area contributed by atoms with E-state index in [0.717, 1.165) is 0 Å². The topological polar surface area (TPSA) is 35.5 Å². The molecule has 1 aliphatic rings. The molecule has 0 unspecified atom stereocenters. The van der Waals surface area contributed by atoms with Gasteiger partial charge in [-0.05, 0) is 0 Å². The third kappa shape index (κ3) is 2.60. The van der Waals surface area contributed by atoms with Crippen LogP contribution in [-0.4, -0.2) is 31.7 Å². The Bertz CT molecular complexity index is 138. The molecule has 1 heterocycles. The van der Waals surface area contributed by atoms with Crippen LogP contribution in [0.15, 0.2) is 0 Å². The Kier molecular flexibility index (Phi) is 3.02. The fourth-order valence-corrected chi connectivity index (χ4v) is 0.677. The van der Waals surface area contributed by atoms with Crippen molar-refractivity contribution in [1.82, 2.24) is 0 Å². The van der Waals surface area contributed by atoms with Gasteiger partial charge in [0.25, 0.3) is 0 Å². The Balaban J connectivity index is 2.06. The van der Waals surface area contributed by atoms with Crippen LogP contribution >= 0.6 is 0 Å². The lowest BCUT2D eigenvalue weighted by Crippen LogP contribution is -2.37. The minimum atomic E-state index is 0.0796. The quantitative estimate of drug-likeness (QED) is 0.602. The summed E-state index contributed by atoms with van der Waals surface area (Å²) in [5, 5.41) is 0. The Morgan fingerprint density at radius 3 is 2.64 bits per heavy atom. The molecule has 0 aromatic heterocycles. The van der Waals surface area contributed by atoms with Crippen LogP contribution in [0.1, 0.15) is 13.8 Å². The first-order chi connectivity index (χ1) is 5.20. The van der Waals surface area contributed by atoms with E-state index in [-0.39, 0.29) is 24.4 Å². The first-order valence-corrected chi connectivity index (χ1v) is 3.92. The SMILES string of the molecule is CC(C)C(=O)COC1COC1. The molecule has 3 nitrogen and oxygen atoms in total. The van der Waals surface area contributed by atoms with Gasteiger partial charge in [-0.25, -0.2) is 0 Å². The maximum Gasteiger partial charge on any atom is 0.160 e. The van der Waals surface area contributed by atoms with E-state index in [9.17, 15) is 4.79 Å². The van der Waals surface area contributed by atoms with E-state index in [1.165, 1.54) is 0 Å². The van der Waals surface area contributed by atoms with Crippen molar-refractivity contribution >= 4 is 5.78 Å². The summed E-state index contributed by atoms with van der Waals surface area (Å²) in [4.78, 5) is 11.0. The molecular weight excluding hydrogens is 144 g/mol. The van der Waals surface area contributed by atoms with Crippen LogP contribution in [-0.2, 0) is 14.3 Å². The molecule has 11 heavy (non-hydrogen) atoms. The smallest absolute Gasteiger partial charge is 0.160 e. The van der Waals surface area contributed by atoms with Gasteiger partial charge < -0.3 is 9.47 Å². The molecule has 0 amide bonds. The van der Waals surface area contributed by atoms with E-state index in [0.29, 0.717) is 13.2 Å². The summed E-state index contributed by atoms with van der Waals surface area (Å²) >= 11 is 0. The minimum Gasteiger partial charge on any atom is -0.376 e. The highest BCUT2D eigenvalue weighted by Gasteiger charge is 2.20. The second-order valence-electron chi connectivity index (χ2n) is 3.09. The average Bonchev–Trinajstić information content (AvgIpc) is 1.83. The molecule has 0 radical (unpaired) electrons. The lowest BCUT2D eigenvalue weighted by molar-refractivity contribution is -0.148. The zero-order chi connectivity index (χ0) is 8.27. The van der Waals surface area contributed by atoms with E-state index in [2.05, 4.69) is 0 Å². The van der Waals surface area contributed by atoms with Gasteiger partial charge in [0, 0.05) is 5.92 Å². The van der Waals surface area contributed by atoms with Crippen molar-refractivity contribution in [1.29, 1.82) is 0 Å². The Hall–Kier alpha value is -0.410. The summed E-state index contributed by atoms with van der Waals surface area (Å²) in [7, 11) is 0. The molecule has 0 bridgehead atoms. The number of carbonyl (C=O) groups is 1. The summed E-state index contributed by atoms with van der Waals surface area (Å²) in [6.07, 6.45) is 0.165. The van der Waals surface area contributed by atoms with Gasteiger partial charge in [-0.2, -0.15) is 0 Å². The van der Waals surface area contributed by atoms with Gasteiger partial charge in [-0.1, -0.05) is 13.8 Å². The van der Waals surface area contributed by atoms with Crippen molar-refractivity contribution in [2.75, 3.05) is 19.8 Å². The minimum absolute atomic E-state index is 0.0796. The lowest BCUT2D eigenvalue weighted by atomic mass is 10.1. The van der Waals surface area contributed by atoms with Crippen molar-refractivity contribution < 1.29 is 14.3 Å². The Morgan fingerprint density at radius 2 is 2.27 bits per heavy atom. The molecule has 0 spiro atoms. The highest BCUT2D eigenvalue weighted by molar-refractivity contribution is 5.81. The standard InChI is InChI=1S/C8H14O3/c1-6(2)8(9)5-11-7-3-10-4-7/h6-7H,3-5H2,1-2H3. The number of carbonyl (C=O) groups excluding carboxylic acids is 1. The molecule has 1 fully saturated rings. The first kappa shape index (κ1) is 8.68. The Labute approximate surface area is 66.7 Å². The van der Waals surface area contributed by atoms with Crippen molar-refractivity contribution in [3.05, 3.63) is 0 Å². The molecule has 0 saturated carbocycles. The second-order valence-corrected chi connectivity index (χ2v) is 3.09. The monoisotopic (exact) mass is 158 g/mol. The number of ketones is 1. The van der Waals surface area contributed by atoms with Crippen LogP contribution in [0.5, 0.6) is 0 Å². The molecule has 3 heteroatoms. The fourth-order valence-electron chi connectivity index (χ4n) is 0.677. The largest absolute Gasteiger partial charge is 0.376 e. The second kappa shape index (κ2) is 3.83. The van der Waals surface area contributed by atoms with Crippen LogP contribution < -0.4 is 0 Å². The number of hydrogen-bond acceptors (Lipinski definition) is 3. The van der Waals surface area contributed by atoms with Gasteiger partial charge in [0.1, 0.15) is 12.7 Å². The lowest BCUT2D eigenvalue weighted by Gasteiger charge is -2.25. The number of ether oxygens (including phenoxy) is 2. The van der Waals surface area contributed by atoms with Crippen LogP contribution in [0, 0.1) is 5.92 Å². The van der Waals surface area contributed by atoms with Crippen LogP contribution in [0.4, 0.5) is 0 Å². The predicted molar refractivity (Wildman–Crippen MR) is 40.4 cm³/mol. The van der Waals surface area contributed by atoms with E-state index >= 15 is 0 Å². The molecule has 64 valence electrons. The van der Waals surface area contributed by atoms with E-state index in [1.54, 1.807) is 0 Å². The van der Waals surface area contributed by atoms with E-state index < -0.39 is 0 Å². The third-order valence-electron chi connectivity index (χ3n) is 1.71. The molecular formula is C8H14O3. The number of hydrogen-bond donors (Lipinski definition) is 0. The van der Waals surface area contributed by atoms with Gasteiger partial charge >= 0.3 is 0 Å². The summed E-state index contributed by atoms with van der Waals surface area (Å²) in [6, 6.07) is 0. The number of Topliss-reactive ketones (excluding diaryl/α,β-unsaturated/α-hetero) is 1. The third-order valence-corrected chi connectivity index (χ3v) is 1.71. The maximum atomic E-state index is 11.0. The van der Waals surface area contributed by atoms with Crippen molar-refractivity contribution in [3.8, 4) is 0 Å². The average molecular weight is 158 g/mol. The molecule has 1 aliphatic heterocycles. The van der Waals surface area contributed by atoms with Crippen molar-refractivity contribution in [2.24, 2.45) is 5.92 Å². The zero-order valence-electron chi connectivity index (χ0n) is 7.00. The van der Waals surface area contributed by atoms with Gasteiger partial charge in [0.15, 0.2) is 5.78 Å². The number of rotatable bonds is 4. The zero-order valence-corrected chi connectivity index (χ0v) is 7.00. The van der Waals surface area contributed by atoms with Crippen LogP contribution in [0.3, 0.4) is 0 Å². The van der Waals surface area contributed by atoms with Gasteiger partial charge in [0.05, 0.1) is 13.2 Å². The predicted octanol–water partition coefficient (Wildman–Crippen LogP) is 0.627. The fraction of sp³-hybridized carbons (Fsp3) is 0.875. The van der Waals surface area contributed by atoms with Crippen molar-refractivity contribution in [3.63, 3.8) is 0 Å². The van der Waals surface area contributed by atoms with Gasteiger partial charge in [-0.15, -0.1) is 0 Å². The summed E-state index contributed by atoms with van der Waals surface area (Å²) in [6.45, 7) is 5.29. The molecule has 1 rings (SSSR count). The summed E-state index contributed by atoms with van der Waals surface area (Å²) in [5.41, 5.74) is 0. The highest BCUT2D eigenvalue weighted by atomic mass is 16.6. The molecule has 0 atom stereocenters. The molecule has 0 aromatic rings. The van der Waals surface area contributed by atoms with Gasteiger partial charge in [-0.3, -0.25) is 4.79 Å². The van der Waals surface area contributed by atoms with E-state index in [4.69, 9.17) is 9.47 Å². The van der Waals surface area contributed by atoms with Crippen molar-refractivity contribution in [2.45, 2.75) is 20.0 Å². The van der Waals surface area contributed by atoms with Gasteiger partial charge in [0.2, 0.25) is 0 Å². The van der Waals surface area contributed by atoms with E-state index in [1.807, 2.05) is 13.8 Å². The first-order valence-electron chi connectivity index (χ1n) is 3.92. The Morgan fingerprint density at radius 1 is 1.64 bits per heavy atom. The van der Waals surface area contributed by atoms with Crippen LogP contribution in [0.25, 0.3) is 0 Å². The highest BCUT2D eigenvalue weighted by Crippen LogP contribution is 2.06. The molecule has 0 aromatic carbocycles. The molecule has 0 N–H and O–H groups in total. The summed E-state index contributed by atoms with van der Waals surface area (Å²) in [5.74, 6) is 0.243. The molecule has 1 saturated heterocycles. The summed E-state index contributed by atoms with van der Waals surface area (Å²) < 4.78 is 10.1. The maximum absolute atomic E-state index is 11.0. The molecule has 0 aliphatic carbocycles.